The first-order valence-electron chi connectivity index (χ1n) is 6.86. The summed E-state index contributed by atoms with van der Waals surface area (Å²) < 4.78 is 5.75. The molecule has 5 nitrogen and oxygen atoms in total. The molecule has 0 aliphatic carbocycles. The molecule has 0 aliphatic rings. The van der Waals surface area contributed by atoms with Crippen LogP contribution in [0.2, 0.25) is 0 Å². The molecule has 0 amide bonds. The lowest BCUT2D eigenvalue weighted by atomic mass is 10.1. The minimum atomic E-state index is 0.833. The molecule has 0 spiro atoms. The van der Waals surface area contributed by atoms with Crippen molar-refractivity contribution in [1.29, 1.82) is 0 Å². The van der Waals surface area contributed by atoms with Gasteiger partial charge in [-0.1, -0.05) is 18.2 Å². The first kappa shape index (κ1) is 12.9. The summed E-state index contributed by atoms with van der Waals surface area (Å²) in [4.78, 5) is 4.11. The van der Waals surface area contributed by atoms with E-state index in [4.69, 9.17) is 4.42 Å². The highest BCUT2D eigenvalue weighted by Gasteiger charge is 2.09. The Kier molecular flexibility index (Phi) is 3.78. The van der Waals surface area contributed by atoms with E-state index < -0.39 is 0 Å². The van der Waals surface area contributed by atoms with Crippen LogP contribution < -0.4 is 5.32 Å². The van der Waals surface area contributed by atoms with Crippen molar-refractivity contribution in [3.8, 4) is 0 Å². The highest BCUT2D eigenvalue weighted by molar-refractivity contribution is 5.82. The van der Waals surface area contributed by atoms with Gasteiger partial charge in [-0.2, -0.15) is 5.10 Å². The summed E-state index contributed by atoms with van der Waals surface area (Å²) in [5, 5.41) is 11.4. The first-order valence-corrected chi connectivity index (χ1v) is 6.86. The number of nitrogens with one attached hydrogen (secondary N) is 2. The molecule has 2 aromatic heterocycles. The molecule has 0 saturated heterocycles. The Morgan fingerprint density at radius 1 is 1.30 bits per heavy atom. The smallest absolute Gasteiger partial charge is 0.137 e. The number of benzene rings is 1. The van der Waals surface area contributed by atoms with E-state index in [1.165, 1.54) is 10.9 Å². The van der Waals surface area contributed by atoms with E-state index in [1.54, 1.807) is 6.33 Å². The van der Waals surface area contributed by atoms with E-state index in [9.17, 15) is 0 Å². The molecule has 3 rings (SSSR count). The van der Waals surface area contributed by atoms with Crippen LogP contribution in [0.4, 0.5) is 0 Å². The second-order valence-corrected chi connectivity index (χ2v) is 4.85. The largest absolute Gasteiger partial charge is 0.461 e. The van der Waals surface area contributed by atoms with Gasteiger partial charge in [0.25, 0.3) is 0 Å². The summed E-state index contributed by atoms with van der Waals surface area (Å²) in [6, 6.07) is 8.16. The number of para-hydroxylation sites is 1. The van der Waals surface area contributed by atoms with Crippen molar-refractivity contribution < 1.29 is 4.42 Å². The molecule has 104 valence electrons. The number of aryl methyl sites for hydroxylation is 2. The lowest BCUT2D eigenvalue weighted by Crippen LogP contribution is -2.15. The van der Waals surface area contributed by atoms with Gasteiger partial charge in [-0.15, -0.1) is 0 Å². The Morgan fingerprint density at radius 3 is 3.05 bits per heavy atom. The highest BCUT2D eigenvalue weighted by atomic mass is 16.3. The summed E-state index contributed by atoms with van der Waals surface area (Å²) in [6.45, 7) is 3.80. The van der Waals surface area contributed by atoms with Gasteiger partial charge in [-0.3, -0.25) is 5.10 Å². The third-order valence-electron chi connectivity index (χ3n) is 3.43. The molecule has 2 heterocycles. The number of aromatic amines is 1. The fraction of sp³-hybridized carbons (Fsp3) is 0.333. The van der Waals surface area contributed by atoms with Crippen molar-refractivity contribution in [2.75, 3.05) is 6.54 Å². The van der Waals surface area contributed by atoms with Gasteiger partial charge in [-0.25, -0.2) is 4.98 Å². The topological polar surface area (TPSA) is 66.7 Å². The van der Waals surface area contributed by atoms with Crippen LogP contribution in [0.5, 0.6) is 0 Å². The van der Waals surface area contributed by atoms with Crippen LogP contribution in [-0.2, 0) is 13.0 Å². The standard InChI is InChI=1S/C15H18N4O/c1-11-13(12-5-2-3-6-14(12)20-11)9-16-8-4-7-15-17-10-18-19-15/h2-3,5-6,10,16H,4,7-9H2,1H3,(H,17,18,19). The maximum atomic E-state index is 5.75. The number of fused-ring (bicyclic) bond motifs is 1. The van der Waals surface area contributed by atoms with Crippen LogP contribution >= 0.6 is 0 Å². The molecule has 0 aliphatic heterocycles. The number of hydrogen-bond donors (Lipinski definition) is 2. The van der Waals surface area contributed by atoms with Crippen molar-refractivity contribution in [3.05, 3.63) is 47.7 Å². The highest BCUT2D eigenvalue weighted by Crippen LogP contribution is 2.24. The normalized spacial score (nSPS) is 11.2. The average molecular weight is 270 g/mol. The monoisotopic (exact) mass is 270 g/mol. The minimum absolute atomic E-state index is 0.833. The van der Waals surface area contributed by atoms with Crippen LogP contribution in [-0.4, -0.2) is 21.7 Å². The number of nitrogens with zero attached hydrogens (tertiary/aromatic N) is 2. The Labute approximate surface area is 117 Å². The lowest BCUT2D eigenvalue weighted by Gasteiger charge is -2.03. The predicted molar refractivity (Wildman–Crippen MR) is 77.4 cm³/mol. The number of aromatic nitrogens is 3. The summed E-state index contributed by atoms with van der Waals surface area (Å²) in [5.74, 6) is 1.94. The van der Waals surface area contributed by atoms with E-state index in [1.807, 2.05) is 25.1 Å². The molecule has 0 unspecified atom stereocenters. The number of H-pyrrole nitrogens is 1. The van der Waals surface area contributed by atoms with Gasteiger partial charge in [0.1, 0.15) is 23.5 Å². The zero-order chi connectivity index (χ0) is 13.8. The maximum absolute atomic E-state index is 5.75. The average Bonchev–Trinajstić information content (AvgIpc) is 3.06. The van der Waals surface area contributed by atoms with E-state index in [0.29, 0.717) is 0 Å². The first-order chi connectivity index (χ1) is 9.84. The number of furan rings is 1. The van der Waals surface area contributed by atoms with Gasteiger partial charge in [0.2, 0.25) is 0 Å². The van der Waals surface area contributed by atoms with Crippen molar-refractivity contribution in [2.24, 2.45) is 0 Å². The summed E-state index contributed by atoms with van der Waals surface area (Å²) in [6.07, 6.45) is 3.49. The van der Waals surface area contributed by atoms with Gasteiger partial charge in [0, 0.05) is 23.9 Å². The lowest BCUT2D eigenvalue weighted by molar-refractivity contribution is 0.562. The van der Waals surface area contributed by atoms with Gasteiger partial charge < -0.3 is 9.73 Å². The van der Waals surface area contributed by atoms with E-state index in [-0.39, 0.29) is 0 Å². The van der Waals surface area contributed by atoms with Crippen LogP contribution in [0, 0.1) is 6.92 Å². The van der Waals surface area contributed by atoms with Crippen LogP contribution in [0.25, 0.3) is 11.0 Å². The van der Waals surface area contributed by atoms with Crippen molar-refractivity contribution in [2.45, 2.75) is 26.3 Å². The summed E-state index contributed by atoms with van der Waals surface area (Å²) in [7, 11) is 0. The molecular weight excluding hydrogens is 252 g/mol. The second kappa shape index (κ2) is 5.88. The third-order valence-corrected chi connectivity index (χ3v) is 3.43. The quantitative estimate of drug-likeness (QED) is 0.676. The Bertz CT molecular complexity index is 672. The van der Waals surface area contributed by atoms with Gasteiger partial charge >= 0.3 is 0 Å². The van der Waals surface area contributed by atoms with Gasteiger partial charge in [0.05, 0.1) is 0 Å². The SMILES string of the molecule is Cc1oc2ccccc2c1CNCCCc1ncn[nH]1. The number of hydrogen-bond acceptors (Lipinski definition) is 4. The van der Waals surface area contributed by atoms with Crippen molar-refractivity contribution >= 4 is 11.0 Å². The number of rotatable bonds is 6. The van der Waals surface area contributed by atoms with Crippen LogP contribution in [0.15, 0.2) is 35.0 Å². The van der Waals surface area contributed by atoms with E-state index >= 15 is 0 Å². The van der Waals surface area contributed by atoms with E-state index in [0.717, 1.165) is 43.1 Å². The third kappa shape index (κ3) is 2.72. The Hall–Kier alpha value is -2.14. The fourth-order valence-corrected chi connectivity index (χ4v) is 2.39. The zero-order valence-corrected chi connectivity index (χ0v) is 11.5. The maximum Gasteiger partial charge on any atom is 0.137 e. The minimum Gasteiger partial charge on any atom is -0.461 e. The molecule has 0 saturated carbocycles. The van der Waals surface area contributed by atoms with E-state index in [2.05, 4.69) is 26.6 Å². The Morgan fingerprint density at radius 2 is 2.20 bits per heavy atom. The van der Waals surface area contributed by atoms with Gasteiger partial charge in [0.15, 0.2) is 0 Å². The van der Waals surface area contributed by atoms with Gasteiger partial charge in [-0.05, 0) is 26.0 Å². The molecule has 0 bridgehead atoms. The molecule has 0 atom stereocenters. The predicted octanol–water partition coefficient (Wildman–Crippen LogP) is 2.58. The summed E-state index contributed by atoms with van der Waals surface area (Å²) in [5.41, 5.74) is 2.21. The fourth-order valence-electron chi connectivity index (χ4n) is 2.39. The van der Waals surface area contributed by atoms with Crippen LogP contribution in [0.3, 0.4) is 0 Å². The molecule has 0 radical (unpaired) electrons. The van der Waals surface area contributed by atoms with Crippen LogP contribution in [0.1, 0.15) is 23.6 Å². The molecule has 2 N–H and O–H groups in total. The van der Waals surface area contributed by atoms with Crippen molar-refractivity contribution in [3.63, 3.8) is 0 Å². The Balaban J connectivity index is 1.53. The van der Waals surface area contributed by atoms with Crippen molar-refractivity contribution in [1.82, 2.24) is 20.5 Å². The second-order valence-electron chi connectivity index (χ2n) is 4.85. The molecule has 1 aromatic carbocycles. The molecule has 5 heteroatoms. The zero-order valence-electron chi connectivity index (χ0n) is 11.5. The molecule has 0 fully saturated rings. The molecule has 20 heavy (non-hydrogen) atoms. The molecule has 3 aromatic rings. The molecular formula is C15H18N4O. The summed E-state index contributed by atoms with van der Waals surface area (Å²) >= 11 is 0.